The molecule has 2 atom stereocenters. The van der Waals surface area contributed by atoms with Crippen molar-refractivity contribution in [2.24, 2.45) is 5.92 Å². The van der Waals surface area contributed by atoms with Gasteiger partial charge >= 0.3 is 5.97 Å². The number of nitrogens with one attached hydrogen (secondary N) is 1. The van der Waals surface area contributed by atoms with Gasteiger partial charge in [-0.3, -0.25) is 9.69 Å². The molecule has 0 aromatic heterocycles. The van der Waals surface area contributed by atoms with Gasteiger partial charge in [-0.15, -0.1) is 0 Å². The molecule has 2 aromatic rings. The molecule has 1 aliphatic rings. The average molecular weight is 653 g/mol. The third-order valence-corrected chi connectivity index (χ3v) is 10.2. The molecule has 0 aliphatic heterocycles. The number of benzene rings is 2. The van der Waals surface area contributed by atoms with Crippen LogP contribution in [0.5, 0.6) is 0 Å². The van der Waals surface area contributed by atoms with E-state index in [0.29, 0.717) is 17.6 Å². The highest BCUT2D eigenvalue weighted by molar-refractivity contribution is 7.90. The van der Waals surface area contributed by atoms with Crippen LogP contribution in [0.2, 0.25) is 0 Å². The molecule has 7 nitrogen and oxygen atoms in total. The number of unbranched alkanes of at least 4 members (excludes halogenated alkanes) is 1. The third kappa shape index (κ3) is 12.0. The molecule has 8 heteroatoms. The Morgan fingerprint density at radius 2 is 1.72 bits per heavy atom. The molecule has 0 spiro atoms. The molecule has 1 fully saturated rings. The van der Waals surface area contributed by atoms with Gasteiger partial charge in [0.05, 0.1) is 5.75 Å². The van der Waals surface area contributed by atoms with E-state index in [9.17, 15) is 23.1 Å². The normalized spacial score (nSPS) is 15.5. The Kier molecular flexibility index (Phi) is 14.5. The maximum Gasteiger partial charge on any atom is 0.326 e. The molecule has 3 rings (SSSR count). The van der Waals surface area contributed by atoms with E-state index in [-0.39, 0.29) is 12.2 Å². The van der Waals surface area contributed by atoms with Gasteiger partial charge in [-0.05, 0) is 107 Å². The summed E-state index contributed by atoms with van der Waals surface area (Å²) < 4.78 is 23.4. The number of hydrogen-bond donors (Lipinski definition) is 2. The van der Waals surface area contributed by atoms with Crippen LogP contribution in [0.4, 0.5) is 0 Å². The molecule has 1 aliphatic carbocycles. The van der Waals surface area contributed by atoms with Gasteiger partial charge in [0, 0.05) is 30.4 Å². The number of aryl methyl sites for hydroxylation is 1. The molecule has 0 bridgehead atoms. The van der Waals surface area contributed by atoms with Crippen molar-refractivity contribution in [1.29, 1.82) is 0 Å². The lowest BCUT2D eigenvalue weighted by atomic mass is 9.83. The fourth-order valence-electron chi connectivity index (χ4n) is 6.73. The lowest BCUT2D eigenvalue weighted by molar-refractivity contribution is -0.139. The zero-order valence-electron chi connectivity index (χ0n) is 28.8. The number of hydrogen-bond acceptors (Lipinski definition) is 5. The SMILES string of the molecule is CC(C)=CCCCC(CC1CCCCC1)N(Cc1ccc(C(=O)NC(CCS(C)(=O)=O)C(=O)O)c(-c2ccccc2C)c1)C(C)C. The maximum atomic E-state index is 13.6. The van der Waals surface area contributed by atoms with E-state index in [4.69, 9.17) is 0 Å². The van der Waals surface area contributed by atoms with Gasteiger partial charge in [-0.2, -0.15) is 0 Å². The Balaban J connectivity index is 1.95. The molecule has 0 radical (unpaired) electrons. The van der Waals surface area contributed by atoms with Gasteiger partial charge in [0.15, 0.2) is 0 Å². The minimum atomic E-state index is -3.38. The van der Waals surface area contributed by atoms with Crippen LogP contribution in [0.1, 0.15) is 113 Å². The van der Waals surface area contributed by atoms with E-state index < -0.39 is 27.8 Å². The van der Waals surface area contributed by atoms with E-state index in [1.54, 1.807) is 6.07 Å². The summed E-state index contributed by atoms with van der Waals surface area (Å²) in [5.41, 5.74) is 5.51. The number of allylic oxidation sites excluding steroid dienone is 2. The van der Waals surface area contributed by atoms with Crippen LogP contribution in [-0.2, 0) is 21.2 Å². The molecule has 46 heavy (non-hydrogen) atoms. The quantitative estimate of drug-likeness (QED) is 0.133. The Bertz CT molecular complexity index is 1440. The fourth-order valence-corrected chi connectivity index (χ4v) is 7.39. The summed E-state index contributed by atoms with van der Waals surface area (Å²) in [6.07, 6.45) is 14.5. The van der Waals surface area contributed by atoms with Gasteiger partial charge in [-0.1, -0.05) is 74.1 Å². The summed E-state index contributed by atoms with van der Waals surface area (Å²) >= 11 is 0. The van der Waals surface area contributed by atoms with Crippen LogP contribution in [-0.4, -0.2) is 60.4 Å². The number of sulfone groups is 1. The molecule has 2 aromatic carbocycles. The molecule has 1 amide bonds. The van der Waals surface area contributed by atoms with Crippen LogP contribution >= 0.6 is 0 Å². The molecule has 2 N–H and O–H groups in total. The minimum Gasteiger partial charge on any atom is -0.480 e. The first kappa shape index (κ1) is 37.5. The Labute approximate surface area is 277 Å². The molecule has 254 valence electrons. The van der Waals surface area contributed by atoms with Gasteiger partial charge in [0.2, 0.25) is 0 Å². The van der Waals surface area contributed by atoms with Crippen molar-refractivity contribution in [3.63, 3.8) is 0 Å². The molecule has 1 saturated carbocycles. The second-order valence-corrected chi connectivity index (χ2v) is 16.1. The van der Waals surface area contributed by atoms with Crippen molar-refractivity contribution in [3.8, 4) is 11.1 Å². The molecule has 2 unspecified atom stereocenters. The molecular weight excluding hydrogens is 596 g/mol. The van der Waals surface area contributed by atoms with Crippen molar-refractivity contribution in [2.45, 2.75) is 123 Å². The molecular formula is C38H56N2O5S. The third-order valence-electron chi connectivity index (χ3n) is 9.27. The minimum absolute atomic E-state index is 0.197. The summed E-state index contributed by atoms with van der Waals surface area (Å²) in [6, 6.07) is 13.2. The van der Waals surface area contributed by atoms with Crippen molar-refractivity contribution in [1.82, 2.24) is 10.2 Å². The maximum absolute atomic E-state index is 13.6. The number of carbonyl (C=O) groups is 2. The first-order chi connectivity index (χ1) is 21.7. The van der Waals surface area contributed by atoms with Crippen LogP contribution in [0.25, 0.3) is 11.1 Å². The largest absolute Gasteiger partial charge is 0.480 e. The van der Waals surface area contributed by atoms with E-state index >= 15 is 0 Å². The highest BCUT2D eigenvalue weighted by Gasteiger charge is 2.27. The number of aliphatic carboxylic acids is 1. The lowest BCUT2D eigenvalue weighted by Crippen LogP contribution is -2.42. The number of rotatable bonds is 17. The van der Waals surface area contributed by atoms with E-state index in [1.165, 1.54) is 44.1 Å². The van der Waals surface area contributed by atoms with Crippen molar-refractivity contribution < 1.29 is 23.1 Å². The number of nitrogens with zero attached hydrogens (tertiary/aromatic N) is 1. The fraction of sp³-hybridized carbons (Fsp3) is 0.579. The van der Waals surface area contributed by atoms with E-state index in [1.807, 2.05) is 37.3 Å². The molecule has 0 saturated heterocycles. The Morgan fingerprint density at radius 1 is 1.02 bits per heavy atom. The Hall–Kier alpha value is -2.97. The topological polar surface area (TPSA) is 104 Å². The summed E-state index contributed by atoms with van der Waals surface area (Å²) in [7, 11) is -3.38. The highest BCUT2D eigenvalue weighted by atomic mass is 32.2. The van der Waals surface area contributed by atoms with Gasteiger partial charge < -0.3 is 10.4 Å². The first-order valence-electron chi connectivity index (χ1n) is 17.0. The number of amides is 1. The predicted molar refractivity (Wildman–Crippen MR) is 189 cm³/mol. The zero-order valence-corrected chi connectivity index (χ0v) is 29.7. The van der Waals surface area contributed by atoms with Gasteiger partial charge in [-0.25, -0.2) is 13.2 Å². The van der Waals surface area contributed by atoms with Crippen molar-refractivity contribution in [3.05, 3.63) is 70.8 Å². The number of carbonyl (C=O) groups excluding carboxylic acids is 1. The van der Waals surface area contributed by atoms with Crippen LogP contribution in [0.15, 0.2) is 54.1 Å². The van der Waals surface area contributed by atoms with Crippen molar-refractivity contribution in [2.75, 3.05) is 12.0 Å². The highest BCUT2D eigenvalue weighted by Crippen LogP contribution is 2.33. The van der Waals surface area contributed by atoms with Crippen molar-refractivity contribution >= 4 is 21.7 Å². The second-order valence-electron chi connectivity index (χ2n) is 13.8. The van der Waals surface area contributed by atoms with E-state index in [0.717, 1.165) is 60.2 Å². The lowest BCUT2D eigenvalue weighted by Gasteiger charge is -2.38. The number of carboxylic acid groups (broad SMARTS) is 1. The molecule has 0 heterocycles. The zero-order chi connectivity index (χ0) is 33.9. The summed E-state index contributed by atoms with van der Waals surface area (Å²) in [5, 5.41) is 12.3. The first-order valence-corrected chi connectivity index (χ1v) is 19.1. The smallest absolute Gasteiger partial charge is 0.326 e. The average Bonchev–Trinajstić information content (AvgIpc) is 2.99. The summed E-state index contributed by atoms with van der Waals surface area (Å²) in [5.74, 6) is -1.34. The predicted octanol–water partition coefficient (Wildman–Crippen LogP) is 7.97. The van der Waals surface area contributed by atoms with E-state index in [2.05, 4.69) is 50.1 Å². The number of carboxylic acids is 1. The summed E-state index contributed by atoms with van der Waals surface area (Å²) in [4.78, 5) is 28.2. The van der Waals surface area contributed by atoms with Gasteiger partial charge in [0.25, 0.3) is 5.91 Å². The monoisotopic (exact) mass is 652 g/mol. The standard InChI is InChI=1S/C38H56N2O5S/c1-27(2)14-10-12-18-32(24-30-16-8-7-9-17-30)40(28(3)4)26-31-20-21-34(35(25-31)33-19-13-11-15-29(33)5)37(41)39-36(38(42)43)22-23-46(6,44)45/h11,13-15,19-21,25,28,30,32,36H,7-10,12,16-18,22-24,26H2,1-6H3,(H,39,41)(H,42,43). The van der Waals surface area contributed by atoms with Crippen LogP contribution < -0.4 is 5.32 Å². The summed E-state index contributed by atoms with van der Waals surface area (Å²) in [6.45, 7) is 11.6. The van der Waals surface area contributed by atoms with Gasteiger partial charge in [0.1, 0.15) is 15.9 Å². The Morgan fingerprint density at radius 3 is 2.33 bits per heavy atom. The van der Waals surface area contributed by atoms with Crippen LogP contribution in [0, 0.1) is 12.8 Å². The second kappa shape index (κ2) is 17.8. The van der Waals surface area contributed by atoms with Crippen LogP contribution in [0.3, 0.4) is 0 Å².